The number of methoxy groups -OCH3 is 1. The van der Waals surface area contributed by atoms with Crippen LogP contribution in [0.2, 0.25) is 0 Å². The minimum absolute atomic E-state index is 0.0759. The van der Waals surface area contributed by atoms with E-state index in [1.807, 2.05) is 18.2 Å². The number of carboxylic acid groups (broad SMARTS) is 1. The van der Waals surface area contributed by atoms with Gasteiger partial charge in [-0.1, -0.05) is 30.3 Å². The molecule has 4 aromatic rings. The first-order valence-electron chi connectivity index (χ1n) is 13.7. The standard InChI is InChI=1S/C31H29F4N5O4/c1-44-23-7-3-5-20(13-23)28(36-16-18-8-9-18)21-10-11-24(32)25(14-21)38-29(41)26-15-27(31(33,34)35)39-40(26)22-6-2-4-19(12-22)17-37-30(42)43/h2-7,10-15,18,28,36-37H,8-9,16-17H2,1H3,(H,38,41)(H,42,43). The van der Waals surface area contributed by atoms with Crippen molar-refractivity contribution in [2.24, 2.45) is 5.92 Å². The number of carbonyl (C=O) groups is 2. The average Bonchev–Trinajstić information content (AvgIpc) is 3.71. The molecule has 13 heteroatoms. The van der Waals surface area contributed by atoms with Gasteiger partial charge in [-0.25, -0.2) is 13.9 Å². The summed E-state index contributed by atoms with van der Waals surface area (Å²) < 4.78 is 62.2. The zero-order valence-corrected chi connectivity index (χ0v) is 23.5. The van der Waals surface area contributed by atoms with Gasteiger partial charge in [0.15, 0.2) is 5.69 Å². The van der Waals surface area contributed by atoms with Crippen LogP contribution < -0.4 is 20.7 Å². The molecule has 1 heterocycles. The molecule has 9 nitrogen and oxygen atoms in total. The molecule has 1 atom stereocenters. The van der Waals surface area contributed by atoms with Crippen LogP contribution in [-0.4, -0.2) is 40.5 Å². The molecule has 3 aromatic carbocycles. The number of ether oxygens (including phenoxy) is 1. The molecule has 0 bridgehead atoms. The van der Waals surface area contributed by atoms with E-state index in [1.54, 1.807) is 25.3 Å². The first-order valence-corrected chi connectivity index (χ1v) is 13.7. The Kier molecular flexibility index (Phi) is 8.86. The molecular formula is C31H29F4N5O4. The van der Waals surface area contributed by atoms with Gasteiger partial charge in [0.2, 0.25) is 0 Å². The lowest BCUT2D eigenvalue weighted by Gasteiger charge is -2.21. The second-order valence-corrected chi connectivity index (χ2v) is 10.4. The first kappa shape index (κ1) is 30.5. The molecule has 0 saturated heterocycles. The van der Waals surface area contributed by atoms with Crippen LogP contribution in [0.25, 0.3) is 5.69 Å². The molecule has 230 valence electrons. The van der Waals surface area contributed by atoms with Crippen LogP contribution in [-0.2, 0) is 12.7 Å². The smallest absolute Gasteiger partial charge is 0.435 e. The van der Waals surface area contributed by atoms with E-state index < -0.39 is 35.4 Å². The maximum Gasteiger partial charge on any atom is 0.435 e. The summed E-state index contributed by atoms with van der Waals surface area (Å²) in [5.74, 6) is -0.642. The minimum Gasteiger partial charge on any atom is -0.497 e. The van der Waals surface area contributed by atoms with Crippen molar-refractivity contribution in [3.63, 3.8) is 0 Å². The van der Waals surface area contributed by atoms with Crippen molar-refractivity contribution in [2.75, 3.05) is 19.0 Å². The number of alkyl halides is 3. The summed E-state index contributed by atoms with van der Waals surface area (Å²) in [5, 5.41) is 20.6. The van der Waals surface area contributed by atoms with Crippen LogP contribution in [0.15, 0.2) is 72.8 Å². The van der Waals surface area contributed by atoms with Gasteiger partial charge in [0.25, 0.3) is 5.91 Å². The lowest BCUT2D eigenvalue weighted by atomic mass is 9.97. The molecular weight excluding hydrogens is 582 g/mol. The van der Waals surface area contributed by atoms with E-state index >= 15 is 4.39 Å². The molecule has 1 unspecified atom stereocenters. The Morgan fingerprint density at radius 1 is 1.05 bits per heavy atom. The Hall–Kier alpha value is -4.91. The average molecular weight is 612 g/mol. The number of carbonyl (C=O) groups excluding carboxylic acids is 1. The third-order valence-electron chi connectivity index (χ3n) is 7.14. The molecule has 1 fully saturated rings. The molecule has 5 rings (SSSR count). The Morgan fingerprint density at radius 2 is 1.80 bits per heavy atom. The van der Waals surface area contributed by atoms with E-state index in [-0.39, 0.29) is 24.0 Å². The second-order valence-electron chi connectivity index (χ2n) is 10.4. The van der Waals surface area contributed by atoms with Crippen LogP contribution in [0.3, 0.4) is 0 Å². The number of rotatable bonds is 11. The van der Waals surface area contributed by atoms with E-state index in [0.29, 0.717) is 28.9 Å². The lowest BCUT2D eigenvalue weighted by Crippen LogP contribution is -2.25. The fourth-order valence-corrected chi connectivity index (χ4v) is 4.71. The van der Waals surface area contributed by atoms with Gasteiger partial charge in [-0.05, 0) is 78.4 Å². The van der Waals surface area contributed by atoms with Crippen molar-refractivity contribution in [2.45, 2.75) is 31.6 Å². The fraction of sp³-hybridized carbons (Fsp3) is 0.258. The number of halogens is 4. The van der Waals surface area contributed by atoms with Gasteiger partial charge in [-0.2, -0.15) is 18.3 Å². The van der Waals surface area contributed by atoms with Crippen molar-refractivity contribution >= 4 is 17.7 Å². The Morgan fingerprint density at radius 3 is 2.50 bits per heavy atom. The van der Waals surface area contributed by atoms with Gasteiger partial charge >= 0.3 is 12.3 Å². The number of nitrogens with one attached hydrogen (secondary N) is 3. The predicted octanol–water partition coefficient (Wildman–Crippen LogP) is 6.15. The van der Waals surface area contributed by atoms with Gasteiger partial charge in [0.1, 0.15) is 17.3 Å². The zero-order chi connectivity index (χ0) is 31.4. The maximum atomic E-state index is 15.1. The highest BCUT2D eigenvalue weighted by Crippen LogP contribution is 2.33. The Balaban J connectivity index is 1.47. The van der Waals surface area contributed by atoms with Crippen molar-refractivity contribution < 1.29 is 37.0 Å². The summed E-state index contributed by atoms with van der Waals surface area (Å²) in [7, 11) is 1.55. The van der Waals surface area contributed by atoms with Gasteiger partial charge < -0.3 is 25.8 Å². The van der Waals surface area contributed by atoms with Gasteiger partial charge in [-0.15, -0.1) is 0 Å². The second kappa shape index (κ2) is 12.8. The van der Waals surface area contributed by atoms with Gasteiger partial charge in [0, 0.05) is 12.6 Å². The molecule has 1 aliphatic rings. The van der Waals surface area contributed by atoms with Gasteiger partial charge in [0.05, 0.1) is 24.5 Å². The number of aromatic nitrogens is 2. The number of anilines is 1. The van der Waals surface area contributed by atoms with Crippen LogP contribution in [0.5, 0.6) is 5.75 Å². The van der Waals surface area contributed by atoms with Crippen LogP contribution >= 0.6 is 0 Å². The molecule has 1 aromatic heterocycles. The van der Waals surface area contributed by atoms with Crippen molar-refractivity contribution in [3.05, 3.63) is 107 Å². The molecule has 1 saturated carbocycles. The molecule has 0 aliphatic heterocycles. The third kappa shape index (κ3) is 7.35. The Bertz CT molecular complexity index is 1670. The monoisotopic (exact) mass is 611 g/mol. The van der Waals surface area contributed by atoms with E-state index in [4.69, 9.17) is 9.84 Å². The summed E-state index contributed by atoms with van der Waals surface area (Å²) in [6, 6.07) is 17.6. The molecule has 44 heavy (non-hydrogen) atoms. The third-order valence-corrected chi connectivity index (χ3v) is 7.14. The SMILES string of the molecule is COc1cccc(C(NCC2CC2)c2ccc(F)c(NC(=O)c3cc(C(F)(F)F)nn3-c3cccc(CNC(=O)O)c3)c2)c1. The summed E-state index contributed by atoms with van der Waals surface area (Å²) >= 11 is 0. The first-order chi connectivity index (χ1) is 21.0. The largest absolute Gasteiger partial charge is 0.497 e. The van der Waals surface area contributed by atoms with Gasteiger partial charge in [-0.3, -0.25) is 4.79 Å². The molecule has 4 N–H and O–H groups in total. The number of hydrogen-bond acceptors (Lipinski definition) is 5. The summed E-state index contributed by atoms with van der Waals surface area (Å²) in [6.07, 6.45) is -3.94. The predicted molar refractivity (Wildman–Crippen MR) is 153 cm³/mol. The summed E-state index contributed by atoms with van der Waals surface area (Å²) in [5.41, 5.74) is -0.0876. The molecule has 0 radical (unpaired) electrons. The number of hydrogen-bond donors (Lipinski definition) is 4. The molecule has 0 spiro atoms. The van der Waals surface area contributed by atoms with Crippen molar-refractivity contribution in [1.29, 1.82) is 0 Å². The minimum atomic E-state index is -4.87. The zero-order valence-electron chi connectivity index (χ0n) is 23.5. The number of amides is 2. The highest BCUT2D eigenvalue weighted by atomic mass is 19.4. The van der Waals surface area contributed by atoms with E-state index in [2.05, 4.69) is 21.0 Å². The molecule has 2 amide bonds. The normalized spacial score (nSPS) is 13.8. The topological polar surface area (TPSA) is 118 Å². The fourth-order valence-electron chi connectivity index (χ4n) is 4.71. The van der Waals surface area contributed by atoms with Crippen molar-refractivity contribution in [3.8, 4) is 11.4 Å². The lowest BCUT2D eigenvalue weighted by molar-refractivity contribution is -0.141. The van der Waals surface area contributed by atoms with Crippen LogP contribution in [0, 0.1) is 11.7 Å². The Labute approximate surface area is 249 Å². The molecule has 1 aliphatic carbocycles. The summed E-state index contributed by atoms with van der Waals surface area (Å²) in [6.45, 7) is 0.598. The highest BCUT2D eigenvalue weighted by molar-refractivity contribution is 6.03. The number of benzene rings is 3. The van der Waals surface area contributed by atoms with E-state index in [9.17, 15) is 22.8 Å². The van der Waals surface area contributed by atoms with E-state index in [0.717, 1.165) is 29.6 Å². The van der Waals surface area contributed by atoms with Crippen LogP contribution in [0.1, 0.15) is 51.8 Å². The van der Waals surface area contributed by atoms with E-state index in [1.165, 1.54) is 30.3 Å². The maximum absolute atomic E-state index is 15.1. The highest BCUT2D eigenvalue weighted by Gasteiger charge is 2.36. The van der Waals surface area contributed by atoms with Crippen molar-refractivity contribution in [1.82, 2.24) is 20.4 Å². The quantitative estimate of drug-likeness (QED) is 0.151. The van der Waals surface area contributed by atoms with Crippen LogP contribution in [0.4, 0.5) is 28.0 Å². The number of nitrogens with zero attached hydrogens (tertiary/aromatic N) is 2. The summed E-state index contributed by atoms with van der Waals surface area (Å²) in [4.78, 5) is 24.3.